The second-order valence-electron chi connectivity index (χ2n) is 3.15. The lowest BCUT2D eigenvalue weighted by molar-refractivity contribution is 0.200. The molecule has 0 aliphatic heterocycles. The summed E-state index contributed by atoms with van der Waals surface area (Å²) in [7, 11) is 1.72. The quantitative estimate of drug-likeness (QED) is 0.571. The molecule has 84 valence electrons. The molecule has 3 nitrogen and oxygen atoms in total. The van der Waals surface area contributed by atoms with Crippen molar-refractivity contribution in [2.24, 2.45) is 0 Å². The average molecular weight is 247 g/mol. The van der Waals surface area contributed by atoms with Crippen molar-refractivity contribution in [1.82, 2.24) is 9.97 Å². The van der Waals surface area contributed by atoms with Crippen LogP contribution in [0.4, 0.5) is 0 Å². The molecule has 0 amide bonds. The van der Waals surface area contributed by atoms with Crippen LogP contribution in [0.25, 0.3) is 0 Å². The number of nitrogens with zero attached hydrogens (tertiary/aromatic N) is 2. The van der Waals surface area contributed by atoms with Gasteiger partial charge in [-0.15, -0.1) is 0 Å². The van der Waals surface area contributed by atoms with Crippen LogP contribution in [0, 0.1) is 6.92 Å². The topological polar surface area (TPSA) is 35.0 Å². The van der Waals surface area contributed by atoms with E-state index < -0.39 is 0 Å². The summed E-state index contributed by atoms with van der Waals surface area (Å²) in [6, 6.07) is 1.76. The molecule has 0 bridgehead atoms. The number of hydrogen-bond donors (Lipinski definition) is 0. The fraction of sp³-hybridized carbons (Fsp3) is 0.600. The van der Waals surface area contributed by atoms with E-state index in [0.29, 0.717) is 5.15 Å². The fourth-order valence-corrected chi connectivity index (χ4v) is 2.16. The van der Waals surface area contributed by atoms with Crippen LogP contribution in [0.5, 0.6) is 0 Å². The van der Waals surface area contributed by atoms with Crippen molar-refractivity contribution in [3.8, 4) is 0 Å². The van der Waals surface area contributed by atoms with E-state index >= 15 is 0 Å². The van der Waals surface area contributed by atoms with E-state index in [-0.39, 0.29) is 0 Å². The van der Waals surface area contributed by atoms with Gasteiger partial charge in [-0.3, -0.25) is 0 Å². The van der Waals surface area contributed by atoms with Gasteiger partial charge in [0, 0.05) is 19.4 Å². The smallest absolute Gasteiger partial charge is 0.140 e. The minimum atomic E-state index is 0.523. The van der Waals surface area contributed by atoms with Crippen LogP contribution in [-0.4, -0.2) is 29.4 Å². The fourth-order valence-electron chi connectivity index (χ4n) is 1.12. The molecule has 5 heteroatoms. The summed E-state index contributed by atoms with van der Waals surface area (Å²) in [6.45, 7) is 2.73. The number of rotatable bonds is 6. The van der Waals surface area contributed by atoms with E-state index in [1.54, 1.807) is 24.9 Å². The van der Waals surface area contributed by atoms with Crippen LogP contribution in [0.1, 0.15) is 17.9 Å². The van der Waals surface area contributed by atoms with Gasteiger partial charge in [-0.1, -0.05) is 11.6 Å². The molecule has 0 unspecified atom stereocenters. The molecule has 1 aromatic rings. The van der Waals surface area contributed by atoms with Gasteiger partial charge in [0.25, 0.3) is 0 Å². The molecule has 0 saturated carbocycles. The van der Waals surface area contributed by atoms with E-state index in [1.807, 2.05) is 6.92 Å². The lowest BCUT2D eigenvalue weighted by Gasteiger charge is -2.02. The molecule has 0 aromatic carbocycles. The zero-order valence-electron chi connectivity index (χ0n) is 8.99. The van der Waals surface area contributed by atoms with Gasteiger partial charge in [0.1, 0.15) is 11.0 Å². The SMILES string of the molecule is COCCCSCc1nc(C)cc(Cl)n1. The minimum Gasteiger partial charge on any atom is -0.385 e. The molecule has 0 atom stereocenters. The molecule has 0 radical (unpaired) electrons. The van der Waals surface area contributed by atoms with Gasteiger partial charge < -0.3 is 4.74 Å². The molecule has 0 N–H and O–H groups in total. The number of aromatic nitrogens is 2. The zero-order chi connectivity index (χ0) is 11.1. The Morgan fingerprint density at radius 2 is 2.27 bits per heavy atom. The molecule has 0 aliphatic rings. The number of aryl methyl sites for hydroxylation is 1. The van der Waals surface area contributed by atoms with E-state index in [1.165, 1.54) is 0 Å². The van der Waals surface area contributed by atoms with Crippen molar-refractivity contribution >= 4 is 23.4 Å². The Balaban J connectivity index is 2.31. The molecule has 1 aromatic heterocycles. The third-order valence-electron chi connectivity index (χ3n) is 1.74. The molecule has 0 fully saturated rings. The maximum Gasteiger partial charge on any atom is 0.140 e. The summed E-state index contributed by atoms with van der Waals surface area (Å²) in [6.07, 6.45) is 1.06. The highest BCUT2D eigenvalue weighted by atomic mass is 35.5. The van der Waals surface area contributed by atoms with Gasteiger partial charge in [0.2, 0.25) is 0 Å². The second kappa shape index (κ2) is 7.04. The number of halogens is 1. The third-order valence-corrected chi connectivity index (χ3v) is 2.97. The Bertz CT molecular complexity index is 289. The van der Waals surface area contributed by atoms with Crippen molar-refractivity contribution in [1.29, 1.82) is 0 Å². The number of thioether (sulfide) groups is 1. The van der Waals surface area contributed by atoms with Gasteiger partial charge >= 0.3 is 0 Å². The highest BCUT2D eigenvalue weighted by Crippen LogP contribution is 2.13. The van der Waals surface area contributed by atoms with Crippen LogP contribution < -0.4 is 0 Å². The summed E-state index contributed by atoms with van der Waals surface area (Å²) < 4.78 is 4.97. The lowest BCUT2D eigenvalue weighted by atomic mass is 10.4. The number of methoxy groups -OCH3 is 1. The predicted octanol–water partition coefficient (Wildman–Crippen LogP) is 2.71. The zero-order valence-corrected chi connectivity index (χ0v) is 10.6. The monoisotopic (exact) mass is 246 g/mol. The predicted molar refractivity (Wildman–Crippen MR) is 64.4 cm³/mol. The largest absolute Gasteiger partial charge is 0.385 e. The first kappa shape index (κ1) is 12.7. The van der Waals surface area contributed by atoms with Gasteiger partial charge in [-0.25, -0.2) is 9.97 Å². The molecule has 1 heterocycles. The molecular weight excluding hydrogens is 232 g/mol. The molecule has 0 saturated heterocycles. The molecule has 0 aliphatic carbocycles. The lowest BCUT2D eigenvalue weighted by Crippen LogP contribution is -1.97. The van der Waals surface area contributed by atoms with Crippen LogP contribution in [0.2, 0.25) is 5.15 Å². The Labute approximate surface area is 99.6 Å². The Morgan fingerprint density at radius 3 is 2.93 bits per heavy atom. The maximum absolute atomic E-state index is 5.83. The average Bonchev–Trinajstić information content (AvgIpc) is 2.16. The number of ether oxygens (including phenoxy) is 1. The van der Waals surface area contributed by atoms with Crippen molar-refractivity contribution < 1.29 is 4.74 Å². The highest BCUT2D eigenvalue weighted by Gasteiger charge is 2.00. The van der Waals surface area contributed by atoms with Crippen molar-refractivity contribution in [3.05, 3.63) is 22.7 Å². The highest BCUT2D eigenvalue weighted by molar-refractivity contribution is 7.98. The second-order valence-corrected chi connectivity index (χ2v) is 4.64. The van der Waals surface area contributed by atoms with Crippen molar-refractivity contribution in [3.63, 3.8) is 0 Å². The first-order valence-electron chi connectivity index (χ1n) is 4.79. The molecule has 1 rings (SSSR count). The van der Waals surface area contributed by atoms with Crippen molar-refractivity contribution in [2.45, 2.75) is 19.1 Å². The van der Waals surface area contributed by atoms with Crippen molar-refractivity contribution in [2.75, 3.05) is 19.5 Å². The molecular formula is C10H15ClN2OS. The van der Waals surface area contributed by atoms with E-state index in [4.69, 9.17) is 16.3 Å². The van der Waals surface area contributed by atoms with Crippen LogP contribution >= 0.6 is 23.4 Å². The molecule has 0 spiro atoms. The molecule has 15 heavy (non-hydrogen) atoms. The first-order chi connectivity index (χ1) is 7.22. The summed E-state index contributed by atoms with van der Waals surface area (Å²) in [5.41, 5.74) is 0.919. The van der Waals surface area contributed by atoms with Crippen LogP contribution in [-0.2, 0) is 10.5 Å². The van der Waals surface area contributed by atoms with E-state index in [2.05, 4.69) is 9.97 Å². The van der Waals surface area contributed by atoms with Gasteiger partial charge in [0.15, 0.2) is 0 Å². The Morgan fingerprint density at radius 1 is 1.47 bits per heavy atom. The summed E-state index contributed by atoms with van der Waals surface area (Å²) in [5.74, 6) is 2.68. The maximum atomic E-state index is 5.83. The normalized spacial score (nSPS) is 10.6. The van der Waals surface area contributed by atoms with Crippen LogP contribution in [0.3, 0.4) is 0 Å². The third kappa shape index (κ3) is 5.35. The Hall–Kier alpha value is -0.320. The summed E-state index contributed by atoms with van der Waals surface area (Å²) in [4.78, 5) is 8.46. The number of hydrogen-bond acceptors (Lipinski definition) is 4. The minimum absolute atomic E-state index is 0.523. The van der Waals surface area contributed by atoms with Gasteiger partial charge in [-0.05, 0) is 25.2 Å². The summed E-state index contributed by atoms with van der Waals surface area (Å²) >= 11 is 7.63. The van der Waals surface area contributed by atoms with E-state index in [0.717, 1.165) is 36.1 Å². The first-order valence-corrected chi connectivity index (χ1v) is 6.32. The standard InChI is InChI=1S/C10H15ClN2OS/c1-8-6-9(11)13-10(12-8)7-15-5-3-4-14-2/h6H,3-5,7H2,1-2H3. The van der Waals surface area contributed by atoms with Crippen LogP contribution in [0.15, 0.2) is 6.07 Å². The summed E-state index contributed by atoms with van der Waals surface area (Å²) in [5, 5.41) is 0.523. The van der Waals surface area contributed by atoms with Gasteiger partial charge in [0.05, 0.1) is 5.75 Å². The Kier molecular flexibility index (Phi) is 5.98. The van der Waals surface area contributed by atoms with Gasteiger partial charge in [-0.2, -0.15) is 11.8 Å². The van der Waals surface area contributed by atoms with E-state index in [9.17, 15) is 0 Å².